The Kier molecular flexibility index (Phi) is 4.83. The second-order valence-electron chi connectivity index (χ2n) is 8.26. The second kappa shape index (κ2) is 7.52. The van der Waals surface area contributed by atoms with Crippen molar-refractivity contribution >= 4 is 27.7 Å². The summed E-state index contributed by atoms with van der Waals surface area (Å²) in [6, 6.07) is 3.95. The number of H-pyrrole nitrogens is 1. The average molecular weight is 409 g/mol. The number of likely N-dealkylation sites (N-methyl/N-ethyl adjacent to an activating group) is 1. The minimum Gasteiger partial charge on any atom is -0.379 e. The molecule has 1 atom stereocenters. The smallest absolute Gasteiger partial charge is 0.259 e. The number of nitrogens with one attached hydrogen (secondary N) is 1. The van der Waals surface area contributed by atoms with Gasteiger partial charge in [-0.25, -0.2) is 0 Å². The normalized spacial score (nSPS) is 20.5. The Morgan fingerprint density at radius 2 is 2.03 bits per heavy atom. The summed E-state index contributed by atoms with van der Waals surface area (Å²) in [5.74, 6) is 0.0553. The molecule has 3 aromatic rings. The van der Waals surface area contributed by atoms with E-state index in [-0.39, 0.29) is 17.5 Å². The van der Waals surface area contributed by atoms with Gasteiger partial charge in [-0.15, -0.1) is 0 Å². The largest absolute Gasteiger partial charge is 0.379 e. The van der Waals surface area contributed by atoms with Crippen LogP contribution in [0.5, 0.6) is 0 Å². The van der Waals surface area contributed by atoms with Crippen molar-refractivity contribution in [1.82, 2.24) is 24.6 Å². The van der Waals surface area contributed by atoms with Gasteiger partial charge in [-0.05, 0) is 37.6 Å². The number of carbonyl (C=O) groups is 1. The number of nitrogens with zero attached hydrogens (tertiary/aromatic N) is 4. The third kappa shape index (κ3) is 3.11. The predicted molar refractivity (Wildman–Crippen MR) is 115 cm³/mol. The number of amides is 1. The van der Waals surface area contributed by atoms with Crippen LogP contribution in [0, 0.1) is 6.92 Å². The highest BCUT2D eigenvalue weighted by molar-refractivity contribution is 6.07. The van der Waals surface area contributed by atoms with Gasteiger partial charge in [0.05, 0.1) is 35.3 Å². The monoisotopic (exact) mass is 409 g/mol. The molecule has 0 spiro atoms. The molecule has 2 fully saturated rings. The SMILES string of the molecule is CCN1CCN(C(=O)c2cc3c(cc2C)[nH]c(=O)c2cnn([C@H]4CCOC4)c23)CC1. The molecule has 1 N–H and O–H groups in total. The minimum absolute atomic E-state index is 0.0553. The number of rotatable bonds is 3. The standard InChI is InChI=1S/C22H27N5O3/c1-3-25-5-7-26(8-6-25)22(29)16-11-17-19(10-14(16)2)24-21(28)18-12-23-27(20(17)18)15-4-9-30-13-15/h10-12,15H,3-9,13H2,1-2H3,(H,24,28)/t15-/m0/s1. The van der Waals surface area contributed by atoms with Crippen LogP contribution in [0.2, 0.25) is 0 Å². The van der Waals surface area contributed by atoms with E-state index in [0.717, 1.165) is 61.1 Å². The van der Waals surface area contributed by atoms with E-state index < -0.39 is 0 Å². The molecule has 2 aliphatic rings. The third-order valence-corrected chi connectivity index (χ3v) is 6.50. The van der Waals surface area contributed by atoms with Crippen molar-refractivity contribution < 1.29 is 9.53 Å². The van der Waals surface area contributed by atoms with Gasteiger partial charge < -0.3 is 19.5 Å². The van der Waals surface area contributed by atoms with E-state index >= 15 is 0 Å². The van der Waals surface area contributed by atoms with Crippen LogP contribution in [0.25, 0.3) is 21.8 Å². The number of pyridine rings is 1. The van der Waals surface area contributed by atoms with Gasteiger partial charge in [0.25, 0.3) is 11.5 Å². The number of aryl methyl sites for hydroxylation is 1. The summed E-state index contributed by atoms with van der Waals surface area (Å²) in [4.78, 5) is 33.2. The van der Waals surface area contributed by atoms with E-state index in [1.54, 1.807) is 6.20 Å². The van der Waals surface area contributed by atoms with Crippen LogP contribution in [0.15, 0.2) is 23.1 Å². The Balaban J connectivity index is 1.62. The van der Waals surface area contributed by atoms with Crippen LogP contribution in [-0.4, -0.2) is 76.4 Å². The molecule has 8 nitrogen and oxygen atoms in total. The molecule has 4 heterocycles. The van der Waals surface area contributed by atoms with E-state index in [4.69, 9.17) is 4.74 Å². The molecule has 8 heteroatoms. The maximum atomic E-state index is 13.3. The molecule has 5 rings (SSSR count). The number of benzene rings is 1. The molecule has 1 amide bonds. The number of fused-ring (bicyclic) bond motifs is 3. The summed E-state index contributed by atoms with van der Waals surface area (Å²) < 4.78 is 7.45. The van der Waals surface area contributed by atoms with Crippen molar-refractivity contribution in [1.29, 1.82) is 0 Å². The maximum Gasteiger partial charge on any atom is 0.259 e. The number of hydrogen-bond acceptors (Lipinski definition) is 5. The van der Waals surface area contributed by atoms with Crippen molar-refractivity contribution in [3.63, 3.8) is 0 Å². The Hall–Kier alpha value is -2.71. The molecule has 30 heavy (non-hydrogen) atoms. The van der Waals surface area contributed by atoms with Gasteiger partial charge in [0, 0.05) is 43.7 Å². The van der Waals surface area contributed by atoms with Crippen LogP contribution in [0.4, 0.5) is 0 Å². The maximum absolute atomic E-state index is 13.3. The average Bonchev–Trinajstić information content (AvgIpc) is 3.43. The van der Waals surface area contributed by atoms with Crippen LogP contribution in [-0.2, 0) is 4.74 Å². The number of aromatic amines is 1. The van der Waals surface area contributed by atoms with Gasteiger partial charge in [0.1, 0.15) is 0 Å². The molecule has 2 saturated heterocycles. The number of piperazine rings is 1. The summed E-state index contributed by atoms with van der Waals surface area (Å²) in [6.07, 6.45) is 2.49. The summed E-state index contributed by atoms with van der Waals surface area (Å²) in [6.45, 7) is 9.66. The minimum atomic E-state index is -0.156. The van der Waals surface area contributed by atoms with E-state index in [0.29, 0.717) is 24.2 Å². The molecule has 0 aliphatic carbocycles. The van der Waals surface area contributed by atoms with Crippen molar-refractivity contribution in [2.75, 3.05) is 45.9 Å². The molecule has 2 aliphatic heterocycles. The summed E-state index contributed by atoms with van der Waals surface area (Å²) in [5.41, 5.74) is 2.93. The molecule has 158 valence electrons. The number of hydrogen-bond donors (Lipinski definition) is 1. The van der Waals surface area contributed by atoms with E-state index in [9.17, 15) is 9.59 Å². The lowest BCUT2D eigenvalue weighted by atomic mass is 10.0. The molecule has 0 saturated carbocycles. The third-order valence-electron chi connectivity index (χ3n) is 6.50. The van der Waals surface area contributed by atoms with E-state index in [1.807, 2.05) is 28.6 Å². The highest BCUT2D eigenvalue weighted by atomic mass is 16.5. The lowest BCUT2D eigenvalue weighted by Crippen LogP contribution is -2.48. The fraction of sp³-hybridized carbons (Fsp3) is 0.500. The highest BCUT2D eigenvalue weighted by Gasteiger charge is 2.25. The zero-order valence-electron chi connectivity index (χ0n) is 17.5. The topological polar surface area (TPSA) is 83.5 Å². The first-order chi connectivity index (χ1) is 14.6. The van der Waals surface area contributed by atoms with Gasteiger partial charge in [-0.2, -0.15) is 5.10 Å². The van der Waals surface area contributed by atoms with Crippen LogP contribution < -0.4 is 5.56 Å². The lowest BCUT2D eigenvalue weighted by molar-refractivity contribution is 0.0643. The molecule has 0 radical (unpaired) electrons. The second-order valence-corrected chi connectivity index (χ2v) is 8.26. The van der Waals surface area contributed by atoms with Crippen molar-refractivity contribution in [2.24, 2.45) is 0 Å². The Morgan fingerprint density at radius 3 is 2.73 bits per heavy atom. The fourth-order valence-electron chi connectivity index (χ4n) is 4.65. The van der Waals surface area contributed by atoms with Crippen LogP contribution in [0.3, 0.4) is 0 Å². The zero-order chi connectivity index (χ0) is 20.8. The van der Waals surface area contributed by atoms with Gasteiger partial charge in [0.2, 0.25) is 0 Å². The zero-order valence-corrected chi connectivity index (χ0v) is 17.5. The Morgan fingerprint density at radius 1 is 1.23 bits per heavy atom. The van der Waals surface area contributed by atoms with Gasteiger partial charge in [-0.3, -0.25) is 14.3 Å². The summed E-state index contributed by atoms with van der Waals surface area (Å²) in [7, 11) is 0. The molecule has 0 bridgehead atoms. The first-order valence-corrected chi connectivity index (χ1v) is 10.7. The van der Waals surface area contributed by atoms with Gasteiger partial charge >= 0.3 is 0 Å². The first kappa shape index (κ1) is 19.3. The van der Waals surface area contributed by atoms with Crippen molar-refractivity contribution in [3.05, 3.63) is 39.8 Å². The van der Waals surface area contributed by atoms with Gasteiger partial charge in [0.15, 0.2) is 0 Å². The summed E-state index contributed by atoms with van der Waals surface area (Å²) >= 11 is 0. The Bertz CT molecular complexity index is 1170. The first-order valence-electron chi connectivity index (χ1n) is 10.7. The number of carbonyl (C=O) groups excluding carboxylic acids is 1. The lowest BCUT2D eigenvalue weighted by Gasteiger charge is -2.34. The Labute approximate surface area is 174 Å². The fourth-order valence-corrected chi connectivity index (χ4v) is 4.65. The molecular formula is C22H27N5O3. The summed E-state index contributed by atoms with van der Waals surface area (Å²) in [5, 5.41) is 5.91. The molecular weight excluding hydrogens is 382 g/mol. The molecule has 2 aromatic heterocycles. The van der Waals surface area contributed by atoms with Gasteiger partial charge in [-0.1, -0.05) is 6.92 Å². The van der Waals surface area contributed by atoms with E-state index in [1.165, 1.54) is 0 Å². The number of aromatic nitrogens is 3. The number of ether oxygens (including phenoxy) is 1. The highest BCUT2D eigenvalue weighted by Crippen LogP contribution is 2.29. The van der Waals surface area contributed by atoms with Crippen molar-refractivity contribution in [3.8, 4) is 0 Å². The van der Waals surface area contributed by atoms with Crippen molar-refractivity contribution in [2.45, 2.75) is 26.3 Å². The molecule has 0 unspecified atom stereocenters. The van der Waals surface area contributed by atoms with Crippen LogP contribution >= 0.6 is 0 Å². The van der Waals surface area contributed by atoms with Crippen LogP contribution in [0.1, 0.15) is 35.3 Å². The van der Waals surface area contributed by atoms with E-state index in [2.05, 4.69) is 21.9 Å². The predicted octanol–water partition coefficient (Wildman–Crippen LogP) is 1.93. The molecule has 1 aromatic carbocycles. The quantitative estimate of drug-likeness (QED) is 0.715.